The van der Waals surface area contributed by atoms with Crippen LogP contribution in [-0.2, 0) is 0 Å². The number of likely N-dealkylation sites (tertiary alicyclic amines) is 1. The quantitative estimate of drug-likeness (QED) is 0.574. The minimum absolute atomic E-state index is 0.0478. The van der Waals surface area contributed by atoms with Gasteiger partial charge >= 0.3 is 0 Å². The molecule has 1 rings (SSSR count). The molecule has 0 aliphatic carbocycles. The smallest absolute Gasteiger partial charge is 0.251 e. The zero-order valence-electron chi connectivity index (χ0n) is 5.89. The van der Waals surface area contributed by atoms with Gasteiger partial charge in [0.1, 0.15) is 0 Å². The van der Waals surface area contributed by atoms with Gasteiger partial charge in [0.15, 0.2) is 0 Å². The molecule has 0 amide bonds. The lowest BCUT2D eigenvalue weighted by molar-refractivity contribution is 0.0840. The van der Waals surface area contributed by atoms with Gasteiger partial charge in [-0.25, -0.2) is 8.78 Å². The largest absolute Gasteiger partial charge is 0.298 e. The maximum absolute atomic E-state index is 11.8. The monoisotopic (exact) mass is 148 g/mol. The van der Waals surface area contributed by atoms with E-state index in [0.717, 1.165) is 25.9 Å². The van der Waals surface area contributed by atoms with E-state index >= 15 is 0 Å². The minimum atomic E-state index is -2.17. The Morgan fingerprint density at radius 3 is 2.40 bits per heavy atom. The fourth-order valence-corrected chi connectivity index (χ4v) is 1.18. The van der Waals surface area contributed by atoms with E-state index in [9.17, 15) is 8.78 Å². The summed E-state index contributed by atoms with van der Waals surface area (Å²) in [6.07, 6.45) is 1.92. The van der Waals surface area contributed by atoms with E-state index in [4.69, 9.17) is 0 Å². The van der Waals surface area contributed by atoms with E-state index in [0.29, 0.717) is 0 Å². The predicted molar refractivity (Wildman–Crippen MR) is 36.0 cm³/mol. The Kier molecular flexibility index (Phi) is 3.06. The van der Waals surface area contributed by atoms with Crippen molar-refractivity contribution < 1.29 is 8.78 Å². The molecule has 0 N–H and O–H groups in total. The van der Waals surface area contributed by atoms with Gasteiger partial charge in [0.05, 0.1) is 6.54 Å². The summed E-state index contributed by atoms with van der Waals surface area (Å²) < 4.78 is 23.5. The molecule has 1 nitrogen and oxygen atoms in total. The molecule has 10 heavy (non-hydrogen) atoms. The lowest BCUT2D eigenvalue weighted by Gasteiger charge is -2.25. The molecule has 59 valence electrons. The second-order valence-electron chi connectivity index (χ2n) is 2.56. The molecule has 1 heterocycles. The van der Waals surface area contributed by atoms with Gasteiger partial charge < -0.3 is 0 Å². The molecule has 1 saturated heterocycles. The van der Waals surface area contributed by atoms with Crippen molar-refractivity contribution in [1.29, 1.82) is 0 Å². The third-order valence-electron chi connectivity index (χ3n) is 1.70. The number of halogens is 2. The highest BCUT2D eigenvalue weighted by atomic mass is 19.3. The zero-order valence-corrected chi connectivity index (χ0v) is 5.89. The van der Waals surface area contributed by atoms with Crippen molar-refractivity contribution in [3.8, 4) is 0 Å². The van der Waals surface area contributed by atoms with Gasteiger partial charge in [0, 0.05) is 0 Å². The Hall–Kier alpha value is -0.180. The molecule has 0 spiro atoms. The molecule has 0 aromatic carbocycles. The van der Waals surface area contributed by atoms with Gasteiger partial charge in [0.2, 0.25) is 0 Å². The van der Waals surface area contributed by atoms with Crippen LogP contribution in [0.25, 0.3) is 0 Å². The van der Waals surface area contributed by atoms with Crippen molar-refractivity contribution in [1.82, 2.24) is 4.90 Å². The SMILES string of the molecule is FC(F)CN1CC[CH]CC1. The third kappa shape index (κ3) is 2.60. The normalized spacial score (nSPS) is 21.9. The summed E-state index contributed by atoms with van der Waals surface area (Å²) in [5, 5.41) is 0. The molecule has 1 radical (unpaired) electrons. The van der Waals surface area contributed by atoms with Crippen LogP contribution in [0.15, 0.2) is 0 Å². The number of piperidine rings is 1. The summed E-state index contributed by atoms with van der Waals surface area (Å²) in [7, 11) is 0. The Labute approximate surface area is 60.0 Å². The van der Waals surface area contributed by atoms with Crippen molar-refractivity contribution >= 4 is 0 Å². The van der Waals surface area contributed by atoms with Gasteiger partial charge in [-0.05, 0) is 32.4 Å². The highest BCUT2D eigenvalue weighted by molar-refractivity contribution is 4.76. The molecule has 1 fully saturated rings. The molecule has 0 saturated carbocycles. The van der Waals surface area contributed by atoms with Crippen LogP contribution < -0.4 is 0 Å². The lowest BCUT2D eigenvalue weighted by Crippen LogP contribution is -2.33. The van der Waals surface area contributed by atoms with Gasteiger partial charge in [-0.2, -0.15) is 0 Å². The first-order valence-corrected chi connectivity index (χ1v) is 3.61. The van der Waals surface area contributed by atoms with Crippen LogP contribution in [0.4, 0.5) is 8.78 Å². The fourth-order valence-electron chi connectivity index (χ4n) is 1.18. The average Bonchev–Trinajstić information content (AvgIpc) is 1.88. The van der Waals surface area contributed by atoms with Crippen LogP contribution in [0.5, 0.6) is 0 Å². The van der Waals surface area contributed by atoms with Crippen molar-refractivity contribution in [3.05, 3.63) is 6.42 Å². The van der Waals surface area contributed by atoms with Crippen LogP contribution >= 0.6 is 0 Å². The highest BCUT2D eigenvalue weighted by Gasteiger charge is 2.13. The molecule has 0 bridgehead atoms. The Morgan fingerprint density at radius 1 is 1.30 bits per heavy atom. The van der Waals surface area contributed by atoms with E-state index in [2.05, 4.69) is 6.42 Å². The average molecular weight is 148 g/mol. The third-order valence-corrected chi connectivity index (χ3v) is 1.70. The van der Waals surface area contributed by atoms with Gasteiger partial charge in [0.25, 0.3) is 6.43 Å². The second-order valence-corrected chi connectivity index (χ2v) is 2.56. The summed E-state index contributed by atoms with van der Waals surface area (Å²) in [5.74, 6) is 0. The summed E-state index contributed by atoms with van der Waals surface area (Å²) in [6.45, 7) is 1.57. The Bertz CT molecular complexity index is 89.6. The predicted octanol–water partition coefficient (Wildman–Crippen LogP) is 1.55. The molecule has 3 heteroatoms. The topological polar surface area (TPSA) is 3.24 Å². The van der Waals surface area contributed by atoms with E-state index in [1.54, 1.807) is 0 Å². The minimum Gasteiger partial charge on any atom is -0.298 e. The van der Waals surface area contributed by atoms with E-state index in [-0.39, 0.29) is 6.54 Å². The molecule has 0 unspecified atom stereocenters. The summed E-state index contributed by atoms with van der Waals surface area (Å²) >= 11 is 0. The van der Waals surface area contributed by atoms with Crippen LogP contribution in [0.1, 0.15) is 12.8 Å². The molecular formula is C7H12F2N. The lowest BCUT2D eigenvalue weighted by atomic mass is 10.1. The number of hydrogen-bond acceptors (Lipinski definition) is 1. The molecular weight excluding hydrogens is 136 g/mol. The van der Waals surface area contributed by atoms with E-state index < -0.39 is 6.43 Å². The Morgan fingerprint density at radius 2 is 1.90 bits per heavy atom. The summed E-state index contributed by atoms with van der Waals surface area (Å²) in [4.78, 5) is 1.81. The number of alkyl halides is 2. The first-order chi connectivity index (χ1) is 4.79. The molecule has 1 aliphatic rings. The molecule has 0 aromatic rings. The van der Waals surface area contributed by atoms with Crippen molar-refractivity contribution in [3.63, 3.8) is 0 Å². The van der Waals surface area contributed by atoms with Gasteiger partial charge in [-0.15, -0.1) is 0 Å². The van der Waals surface area contributed by atoms with Gasteiger partial charge in [-0.1, -0.05) is 0 Å². The summed E-state index contributed by atoms with van der Waals surface area (Å²) in [6, 6.07) is 0. The number of hydrogen-bond donors (Lipinski definition) is 0. The van der Waals surface area contributed by atoms with Gasteiger partial charge in [-0.3, -0.25) is 4.90 Å². The molecule has 1 aliphatic heterocycles. The highest BCUT2D eigenvalue weighted by Crippen LogP contribution is 2.08. The van der Waals surface area contributed by atoms with Crippen molar-refractivity contribution in [2.75, 3.05) is 19.6 Å². The Balaban J connectivity index is 2.13. The van der Waals surface area contributed by atoms with Crippen LogP contribution in [0.3, 0.4) is 0 Å². The second kappa shape index (κ2) is 3.86. The van der Waals surface area contributed by atoms with Crippen LogP contribution in [0.2, 0.25) is 0 Å². The van der Waals surface area contributed by atoms with Crippen LogP contribution in [0, 0.1) is 6.42 Å². The maximum Gasteiger partial charge on any atom is 0.251 e. The number of nitrogens with zero attached hydrogens (tertiary/aromatic N) is 1. The standard InChI is InChI=1S/C7H12F2N/c8-7(9)6-10-4-2-1-3-5-10/h1,7H,2-6H2. The first kappa shape index (κ1) is 7.92. The van der Waals surface area contributed by atoms with Crippen LogP contribution in [-0.4, -0.2) is 31.0 Å². The maximum atomic E-state index is 11.8. The van der Waals surface area contributed by atoms with Crippen molar-refractivity contribution in [2.45, 2.75) is 19.3 Å². The zero-order chi connectivity index (χ0) is 7.40. The first-order valence-electron chi connectivity index (χ1n) is 3.61. The summed E-state index contributed by atoms with van der Waals surface area (Å²) in [5.41, 5.74) is 0. The molecule has 0 atom stereocenters. The van der Waals surface area contributed by atoms with Crippen molar-refractivity contribution in [2.24, 2.45) is 0 Å². The molecule has 0 aromatic heterocycles. The van der Waals surface area contributed by atoms with E-state index in [1.807, 2.05) is 4.90 Å². The number of rotatable bonds is 2. The van der Waals surface area contributed by atoms with E-state index in [1.165, 1.54) is 0 Å². The fraction of sp³-hybridized carbons (Fsp3) is 0.857.